The quantitative estimate of drug-likeness (QED) is 0.442. The normalized spacial score (nSPS) is 12.3. The maximum Gasteiger partial charge on any atom is 0.433 e. The summed E-state index contributed by atoms with van der Waals surface area (Å²) >= 11 is 0. The molecule has 6 nitrogen and oxygen atoms in total. The third-order valence-corrected chi connectivity index (χ3v) is 4.02. The summed E-state index contributed by atoms with van der Waals surface area (Å²) in [5.41, 5.74) is -1.93. The molecule has 2 N–H and O–H groups in total. The molecule has 4 rings (SSSR count). The highest BCUT2D eigenvalue weighted by atomic mass is 19.4. The Bertz CT molecular complexity index is 1210. The highest BCUT2D eigenvalue weighted by Crippen LogP contribution is 2.32. The van der Waals surface area contributed by atoms with E-state index in [0.29, 0.717) is 5.39 Å². The van der Waals surface area contributed by atoms with E-state index in [-0.39, 0.29) is 28.8 Å². The number of H-pyrrole nitrogens is 1. The number of pyridine rings is 2. The predicted molar refractivity (Wildman–Crippen MR) is 94.6 cm³/mol. The summed E-state index contributed by atoms with van der Waals surface area (Å²) in [5, 5.41) is 3.08. The van der Waals surface area contributed by atoms with Crippen LogP contribution in [0.3, 0.4) is 0 Å². The predicted octanol–water partition coefficient (Wildman–Crippen LogP) is 5.20. The maximum atomic E-state index is 13.0. The fraction of sp³-hybridized carbons (Fsp3) is 0.111. The standard InChI is InChI=1S/C18H10F6N6/c19-17(20,21)9-4-6-25-13(8-9)28-15-10-5-7-26-14(10)29-16(30-15)11-2-1-3-12(27-11)18(22,23)24/h1-8H,(H2,25,26,28,29,30). The Kier molecular flexibility index (Phi) is 4.56. The molecule has 0 aliphatic heterocycles. The average molecular weight is 424 g/mol. The van der Waals surface area contributed by atoms with E-state index in [1.807, 2.05) is 0 Å². The Morgan fingerprint density at radius 1 is 0.867 bits per heavy atom. The molecular formula is C18H10F6N6. The summed E-state index contributed by atoms with van der Waals surface area (Å²) in [6.07, 6.45) is -6.74. The Balaban J connectivity index is 1.78. The van der Waals surface area contributed by atoms with Crippen LogP contribution >= 0.6 is 0 Å². The second kappa shape index (κ2) is 6.97. The van der Waals surface area contributed by atoms with Gasteiger partial charge in [0.2, 0.25) is 0 Å². The molecule has 0 saturated heterocycles. The summed E-state index contributed by atoms with van der Waals surface area (Å²) in [7, 11) is 0. The molecule has 4 aromatic rings. The first-order valence-electron chi connectivity index (χ1n) is 8.31. The summed E-state index contributed by atoms with van der Waals surface area (Å²) in [6, 6.07) is 6.44. The minimum absolute atomic E-state index is 0.0577. The van der Waals surface area contributed by atoms with Crippen molar-refractivity contribution in [2.24, 2.45) is 0 Å². The van der Waals surface area contributed by atoms with E-state index in [9.17, 15) is 26.3 Å². The van der Waals surface area contributed by atoms with E-state index in [4.69, 9.17) is 0 Å². The summed E-state index contributed by atoms with van der Waals surface area (Å²) < 4.78 is 77.7. The third kappa shape index (κ3) is 3.88. The topological polar surface area (TPSA) is 79.4 Å². The van der Waals surface area contributed by atoms with Crippen LogP contribution in [0.5, 0.6) is 0 Å². The lowest BCUT2D eigenvalue weighted by atomic mass is 10.2. The van der Waals surface area contributed by atoms with E-state index in [2.05, 4.69) is 30.2 Å². The van der Waals surface area contributed by atoms with Gasteiger partial charge < -0.3 is 10.3 Å². The van der Waals surface area contributed by atoms with Crippen molar-refractivity contribution < 1.29 is 26.3 Å². The Hall–Kier alpha value is -3.70. The summed E-state index contributed by atoms with van der Waals surface area (Å²) in [5.74, 6) is -0.234. The van der Waals surface area contributed by atoms with Crippen molar-refractivity contribution in [2.45, 2.75) is 12.4 Å². The molecule has 0 aliphatic rings. The zero-order valence-corrected chi connectivity index (χ0v) is 14.7. The van der Waals surface area contributed by atoms with Crippen LogP contribution in [0.2, 0.25) is 0 Å². The molecule has 0 fully saturated rings. The fourth-order valence-electron chi connectivity index (χ4n) is 2.66. The molecule has 4 aromatic heterocycles. The molecule has 12 heteroatoms. The number of halogens is 6. The van der Waals surface area contributed by atoms with Crippen molar-refractivity contribution in [3.05, 3.63) is 60.0 Å². The number of aromatic nitrogens is 5. The van der Waals surface area contributed by atoms with E-state index in [0.717, 1.165) is 30.5 Å². The van der Waals surface area contributed by atoms with Gasteiger partial charge in [0.1, 0.15) is 28.7 Å². The van der Waals surface area contributed by atoms with E-state index >= 15 is 0 Å². The van der Waals surface area contributed by atoms with Gasteiger partial charge in [-0.05, 0) is 30.3 Å². The maximum absolute atomic E-state index is 13.0. The first kappa shape index (κ1) is 19.6. The number of rotatable bonds is 3. The first-order chi connectivity index (χ1) is 14.1. The van der Waals surface area contributed by atoms with E-state index < -0.39 is 23.6 Å². The number of nitrogens with zero attached hydrogens (tertiary/aromatic N) is 4. The SMILES string of the molecule is FC(F)(F)c1ccnc(Nc2nc(-c3cccc(C(F)(F)F)n3)nc3[nH]ccc23)c1. The van der Waals surface area contributed by atoms with Gasteiger partial charge in [-0.3, -0.25) is 0 Å². The molecule has 0 unspecified atom stereocenters. The molecule has 4 heterocycles. The number of anilines is 2. The monoisotopic (exact) mass is 424 g/mol. The molecule has 0 saturated carbocycles. The Morgan fingerprint density at radius 2 is 1.67 bits per heavy atom. The van der Waals surface area contributed by atoms with Gasteiger partial charge >= 0.3 is 12.4 Å². The van der Waals surface area contributed by atoms with Crippen molar-refractivity contribution in [2.75, 3.05) is 5.32 Å². The van der Waals surface area contributed by atoms with Crippen LogP contribution in [0.4, 0.5) is 38.0 Å². The van der Waals surface area contributed by atoms with Gasteiger partial charge in [-0.25, -0.2) is 19.9 Å². The van der Waals surface area contributed by atoms with Gasteiger partial charge in [-0.1, -0.05) is 6.07 Å². The lowest BCUT2D eigenvalue weighted by molar-refractivity contribution is -0.141. The minimum atomic E-state index is -4.66. The lowest BCUT2D eigenvalue weighted by Gasteiger charge is -2.11. The Morgan fingerprint density at radius 3 is 2.40 bits per heavy atom. The molecule has 0 spiro atoms. The molecule has 0 aliphatic carbocycles. The van der Waals surface area contributed by atoms with Gasteiger partial charge in [0, 0.05) is 12.4 Å². The van der Waals surface area contributed by atoms with Crippen molar-refractivity contribution in [3.8, 4) is 11.5 Å². The van der Waals surface area contributed by atoms with E-state index in [1.165, 1.54) is 12.3 Å². The van der Waals surface area contributed by atoms with Crippen LogP contribution in [0.1, 0.15) is 11.3 Å². The molecule has 154 valence electrons. The number of alkyl halides is 6. The molecule has 0 atom stereocenters. The largest absolute Gasteiger partial charge is 0.433 e. The second-order valence-corrected chi connectivity index (χ2v) is 6.09. The number of aromatic amines is 1. The van der Waals surface area contributed by atoms with Gasteiger partial charge in [-0.15, -0.1) is 0 Å². The van der Waals surface area contributed by atoms with Crippen LogP contribution in [-0.4, -0.2) is 24.9 Å². The highest BCUT2D eigenvalue weighted by molar-refractivity contribution is 5.90. The molecule has 0 bridgehead atoms. The number of fused-ring (bicyclic) bond motifs is 1. The Labute approximate surface area is 164 Å². The average Bonchev–Trinajstić information content (AvgIpc) is 3.16. The van der Waals surface area contributed by atoms with Crippen LogP contribution in [0, 0.1) is 0 Å². The van der Waals surface area contributed by atoms with Crippen molar-refractivity contribution in [1.82, 2.24) is 24.9 Å². The zero-order valence-electron chi connectivity index (χ0n) is 14.7. The van der Waals surface area contributed by atoms with Gasteiger partial charge in [0.25, 0.3) is 0 Å². The van der Waals surface area contributed by atoms with Gasteiger partial charge in [0.05, 0.1) is 10.9 Å². The van der Waals surface area contributed by atoms with Crippen LogP contribution < -0.4 is 5.32 Å². The smallest absolute Gasteiger partial charge is 0.346 e. The molecule has 0 amide bonds. The van der Waals surface area contributed by atoms with Gasteiger partial charge in [0.15, 0.2) is 5.82 Å². The van der Waals surface area contributed by atoms with Crippen molar-refractivity contribution in [1.29, 1.82) is 0 Å². The molecular weight excluding hydrogens is 414 g/mol. The summed E-state index contributed by atoms with van der Waals surface area (Å²) in [6.45, 7) is 0. The first-order valence-corrected chi connectivity index (χ1v) is 8.31. The van der Waals surface area contributed by atoms with Crippen LogP contribution in [0.25, 0.3) is 22.6 Å². The van der Waals surface area contributed by atoms with E-state index in [1.54, 1.807) is 6.07 Å². The van der Waals surface area contributed by atoms with Crippen molar-refractivity contribution in [3.63, 3.8) is 0 Å². The lowest BCUT2D eigenvalue weighted by Crippen LogP contribution is -2.09. The summed E-state index contributed by atoms with van der Waals surface area (Å²) in [4.78, 5) is 18.5. The second-order valence-electron chi connectivity index (χ2n) is 6.09. The van der Waals surface area contributed by atoms with Crippen LogP contribution in [-0.2, 0) is 12.4 Å². The fourth-order valence-corrected chi connectivity index (χ4v) is 2.66. The van der Waals surface area contributed by atoms with Crippen molar-refractivity contribution >= 4 is 22.7 Å². The minimum Gasteiger partial charge on any atom is -0.346 e. The number of hydrogen-bond donors (Lipinski definition) is 2. The molecule has 0 radical (unpaired) electrons. The van der Waals surface area contributed by atoms with Gasteiger partial charge in [-0.2, -0.15) is 26.3 Å². The number of nitrogens with one attached hydrogen (secondary N) is 2. The van der Waals surface area contributed by atoms with Crippen LogP contribution in [0.15, 0.2) is 48.8 Å². The number of hydrogen-bond acceptors (Lipinski definition) is 5. The zero-order chi connectivity index (χ0) is 21.5. The molecule has 0 aromatic carbocycles. The highest BCUT2D eigenvalue weighted by Gasteiger charge is 2.33. The third-order valence-electron chi connectivity index (χ3n) is 4.02. The molecule has 30 heavy (non-hydrogen) atoms.